The minimum Gasteiger partial charge on any atom is -0.393 e. The summed E-state index contributed by atoms with van der Waals surface area (Å²) in [5.74, 6) is -7.73. The number of hydrogen-bond acceptors (Lipinski definition) is 4. The molecule has 2 saturated heterocycles. The fourth-order valence-electron chi connectivity index (χ4n) is 4.35. The molecule has 2 amide bonds. The topological polar surface area (TPSA) is 82.5 Å². The molecule has 4 rings (SSSR count). The van der Waals surface area contributed by atoms with Gasteiger partial charge in [-0.3, -0.25) is 9.59 Å². The smallest absolute Gasteiger partial charge is 0.352 e. The van der Waals surface area contributed by atoms with Crippen molar-refractivity contribution in [2.24, 2.45) is 0 Å². The van der Waals surface area contributed by atoms with E-state index in [2.05, 4.69) is 10.3 Å². The van der Waals surface area contributed by atoms with Gasteiger partial charge in [-0.1, -0.05) is 11.6 Å². The highest BCUT2D eigenvalue weighted by Gasteiger charge is 2.53. The van der Waals surface area contributed by atoms with Gasteiger partial charge >= 0.3 is 5.92 Å². The van der Waals surface area contributed by atoms with E-state index in [-0.39, 0.29) is 29.2 Å². The SMILES string of the molecule is O=C(Nc1ccnc(Cl)c1)c1ccc(F)c(C(F)(F)C(=O)N2[C@@H]3CC[C@H]2CC(O)C3)c1. The predicted octanol–water partition coefficient (Wildman–Crippen LogP) is 3.73. The van der Waals surface area contributed by atoms with E-state index < -0.39 is 47.3 Å². The molecule has 0 aliphatic carbocycles. The minimum absolute atomic E-state index is 0.121. The van der Waals surface area contributed by atoms with E-state index in [1.807, 2.05) is 0 Å². The Kier molecular flexibility index (Phi) is 5.65. The number of nitrogens with one attached hydrogen (secondary N) is 1. The maximum absolute atomic E-state index is 15.1. The van der Waals surface area contributed by atoms with Gasteiger partial charge in [-0.15, -0.1) is 0 Å². The summed E-state index contributed by atoms with van der Waals surface area (Å²) < 4.78 is 44.6. The summed E-state index contributed by atoms with van der Waals surface area (Å²) in [7, 11) is 0. The van der Waals surface area contributed by atoms with Crippen molar-refractivity contribution in [3.8, 4) is 0 Å². The molecule has 3 heterocycles. The number of aromatic nitrogens is 1. The Morgan fingerprint density at radius 3 is 2.48 bits per heavy atom. The van der Waals surface area contributed by atoms with Crippen LogP contribution < -0.4 is 5.32 Å². The Bertz CT molecular complexity index is 1020. The van der Waals surface area contributed by atoms with Crippen molar-refractivity contribution in [2.75, 3.05) is 5.32 Å². The molecule has 2 fully saturated rings. The van der Waals surface area contributed by atoms with Crippen molar-refractivity contribution >= 4 is 29.1 Å². The van der Waals surface area contributed by atoms with Crippen LogP contribution in [0.2, 0.25) is 5.15 Å². The van der Waals surface area contributed by atoms with E-state index in [4.69, 9.17) is 11.6 Å². The second-order valence-corrected chi connectivity index (χ2v) is 8.20. The standard InChI is InChI=1S/C21H19ClF3N3O3/c22-18-8-12(5-6-26-18)27-19(30)11-1-4-17(23)16(7-11)21(24,25)20(31)28-13-2-3-14(28)10-15(29)9-13/h1,4-8,13-15,29H,2-3,9-10H2,(H,26,27,30)/t13-,14+,15?. The number of rotatable bonds is 4. The molecule has 10 heteroatoms. The molecule has 0 radical (unpaired) electrons. The van der Waals surface area contributed by atoms with Crippen LogP contribution in [0, 0.1) is 5.82 Å². The number of aliphatic hydroxyl groups is 1. The van der Waals surface area contributed by atoms with E-state index in [0.29, 0.717) is 18.9 Å². The lowest BCUT2D eigenvalue weighted by molar-refractivity contribution is -0.166. The first-order valence-corrected chi connectivity index (χ1v) is 10.2. The normalized spacial score (nSPS) is 23.0. The van der Waals surface area contributed by atoms with Crippen molar-refractivity contribution in [1.29, 1.82) is 0 Å². The molecule has 1 aromatic heterocycles. The van der Waals surface area contributed by atoms with Crippen LogP contribution in [0.1, 0.15) is 41.6 Å². The molecule has 164 valence electrons. The van der Waals surface area contributed by atoms with Gasteiger partial charge in [0.15, 0.2) is 0 Å². The third-order valence-corrected chi connectivity index (χ3v) is 5.97. The van der Waals surface area contributed by atoms with Crippen molar-refractivity contribution in [2.45, 2.75) is 49.8 Å². The summed E-state index contributed by atoms with van der Waals surface area (Å²) in [6.07, 6.45) is 2.19. The van der Waals surface area contributed by atoms with Gasteiger partial charge in [-0.2, -0.15) is 8.78 Å². The van der Waals surface area contributed by atoms with Crippen LogP contribution in [0.4, 0.5) is 18.9 Å². The third-order valence-electron chi connectivity index (χ3n) is 5.76. The Morgan fingerprint density at radius 2 is 1.84 bits per heavy atom. The number of nitrogens with zero attached hydrogens (tertiary/aromatic N) is 2. The second-order valence-electron chi connectivity index (χ2n) is 7.81. The molecule has 2 bridgehead atoms. The van der Waals surface area contributed by atoms with Crippen molar-refractivity contribution in [3.05, 3.63) is 58.6 Å². The lowest BCUT2D eigenvalue weighted by Crippen LogP contribution is -2.53. The van der Waals surface area contributed by atoms with Gasteiger partial charge in [-0.05, 0) is 56.0 Å². The van der Waals surface area contributed by atoms with Crippen LogP contribution in [0.25, 0.3) is 0 Å². The molecule has 1 aromatic carbocycles. The quantitative estimate of drug-likeness (QED) is 0.691. The Labute approximate surface area is 181 Å². The largest absolute Gasteiger partial charge is 0.393 e. The number of halogens is 4. The predicted molar refractivity (Wildman–Crippen MR) is 106 cm³/mol. The molecular weight excluding hydrogens is 435 g/mol. The summed E-state index contributed by atoms with van der Waals surface area (Å²) in [5.41, 5.74) is -1.13. The molecule has 6 nitrogen and oxygen atoms in total. The Hall–Kier alpha value is -2.65. The monoisotopic (exact) mass is 453 g/mol. The van der Waals surface area contributed by atoms with Gasteiger partial charge in [0.05, 0.1) is 11.7 Å². The van der Waals surface area contributed by atoms with Crippen molar-refractivity contribution in [3.63, 3.8) is 0 Å². The molecule has 1 unspecified atom stereocenters. The number of benzene rings is 1. The molecule has 31 heavy (non-hydrogen) atoms. The van der Waals surface area contributed by atoms with Gasteiger partial charge in [0.25, 0.3) is 11.8 Å². The highest BCUT2D eigenvalue weighted by Crippen LogP contribution is 2.41. The maximum Gasteiger partial charge on any atom is 0.352 e. The number of alkyl halides is 2. The first-order valence-electron chi connectivity index (χ1n) is 9.78. The van der Waals surface area contributed by atoms with E-state index in [1.165, 1.54) is 18.3 Å². The number of pyridine rings is 1. The molecule has 2 aliphatic rings. The van der Waals surface area contributed by atoms with Crippen molar-refractivity contribution in [1.82, 2.24) is 9.88 Å². The summed E-state index contributed by atoms with van der Waals surface area (Å²) in [6.45, 7) is 0. The molecular formula is C21H19ClF3N3O3. The maximum atomic E-state index is 15.1. The lowest BCUT2D eigenvalue weighted by atomic mass is 9.96. The van der Waals surface area contributed by atoms with E-state index in [1.54, 1.807) is 0 Å². The van der Waals surface area contributed by atoms with Gasteiger partial charge in [0.2, 0.25) is 0 Å². The van der Waals surface area contributed by atoms with E-state index in [0.717, 1.165) is 17.0 Å². The van der Waals surface area contributed by atoms with Crippen molar-refractivity contribution < 1.29 is 27.9 Å². The first kappa shape index (κ1) is 21.6. The molecule has 2 N–H and O–H groups in total. The molecule has 2 aromatic rings. The summed E-state index contributed by atoms with van der Waals surface area (Å²) >= 11 is 5.76. The molecule has 0 saturated carbocycles. The lowest BCUT2D eigenvalue weighted by Gasteiger charge is -2.39. The number of amides is 2. The average molecular weight is 454 g/mol. The number of piperidine rings is 1. The van der Waals surface area contributed by atoms with Crippen LogP contribution in [0.5, 0.6) is 0 Å². The molecule has 3 atom stereocenters. The molecule has 0 spiro atoms. The number of carbonyl (C=O) groups is 2. The number of anilines is 1. The third kappa shape index (κ3) is 4.12. The highest BCUT2D eigenvalue weighted by molar-refractivity contribution is 6.29. The number of aliphatic hydroxyl groups excluding tert-OH is 1. The zero-order valence-electron chi connectivity index (χ0n) is 16.2. The number of carbonyl (C=O) groups excluding carboxylic acids is 2. The first-order chi connectivity index (χ1) is 14.7. The van der Waals surface area contributed by atoms with Crippen LogP contribution in [0.15, 0.2) is 36.5 Å². The Morgan fingerprint density at radius 1 is 1.16 bits per heavy atom. The Balaban J connectivity index is 1.60. The van der Waals surface area contributed by atoms with Crippen LogP contribution >= 0.6 is 11.6 Å². The van der Waals surface area contributed by atoms with Gasteiger partial charge in [0.1, 0.15) is 11.0 Å². The number of hydrogen-bond donors (Lipinski definition) is 2. The van der Waals surface area contributed by atoms with E-state index in [9.17, 15) is 19.1 Å². The zero-order chi connectivity index (χ0) is 22.3. The van der Waals surface area contributed by atoms with Crippen LogP contribution in [-0.2, 0) is 10.7 Å². The van der Waals surface area contributed by atoms with Crippen LogP contribution in [-0.4, -0.2) is 45.0 Å². The average Bonchev–Trinajstić information content (AvgIpc) is 2.98. The fourth-order valence-corrected chi connectivity index (χ4v) is 4.52. The zero-order valence-corrected chi connectivity index (χ0v) is 17.0. The molecule has 2 aliphatic heterocycles. The highest BCUT2D eigenvalue weighted by atomic mass is 35.5. The van der Waals surface area contributed by atoms with Gasteiger partial charge in [0, 0.05) is 29.5 Å². The van der Waals surface area contributed by atoms with Gasteiger partial charge in [-0.25, -0.2) is 9.37 Å². The van der Waals surface area contributed by atoms with Gasteiger partial charge < -0.3 is 15.3 Å². The number of fused-ring (bicyclic) bond motifs is 2. The van der Waals surface area contributed by atoms with Crippen LogP contribution in [0.3, 0.4) is 0 Å². The second kappa shape index (κ2) is 8.12. The summed E-state index contributed by atoms with van der Waals surface area (Å²) in [6, 6.07) is 4.29. The summed E-state index contributed by atoms with van der Waals surface area (Å²) in [5, 5.41) is 12.4. The van der Waals surface area contributed by atoms with E-state index >= 15 is 8.78 Å². The minimum atomic E-state index is -4.16. The summed E-state index contributed by atoms with van der Waals surface area (Å²) in [4.78, 5) is 30.1. The fraction of sp³-hybridized carbons (Fsp3) is 0.381.